The van der Waals surface area contributed by atoms with Gasteiger partial charge in [-0.15, -0.1) is 0 Å². The van der Waals surface area contributed by atoms with E-state index in [4.69, 9.17) is 4.74 Å². The van der Waals surface area contributed by atoms with Gasteiger partial charge in [0.25, 0.3) is 0 Å². The Hall–Kier alpha value is -0.960. The first-order valence-corrected chi connectivity index (χ1v) is 7.76. The smallest absolute Gasteiger partial charge is 0.243 e. The minimum atomic E-state index is -3.51. The second-order valence-corrected chi connectivity index (χ2v) is 5.93. The third-order valence-electron chi connectivity index (χ3n) is 2.52. The average Bonchev–Trinajstić information content (AvgIpc) is 2.84. The maximum atomic E-state index is 12.0. The van der Waals surface area contributed by atoms with Gasteiger partial charge in [-0.3, -0.25) is 4.68 Å². The largest absolute Gasteiger partial charge is 0.377 e. The molecule has 0 aliphatic carbocycles. The summed E-state index contributed by atoms with van der Waals surface area (Å²) in [6.07, 6.45) is 2.72. The Bertz CT molecular complexity index is 472. The standard InChI is InChI=1S/C11H22N4O3S/c1-4-18-10(2)7-14-19(16,17)11-8-13-15(9-11)6-5-12-3/h8-10,12,14H,4-7H2,1-3H3. The molecule has 1 heterocycles. The first kappa shape index (κ1) is 16.1. The number of nitrogens with zero attached hydrogens (tertiary/aromatic N) is 2. The molecule has 1 unspecified atom stereocenters. The highest BCUT2D eigenvalue weighted by Crippen LogP contribution is 2.06. The fourth-order valence-corrected chi connectivity index (χ4v) is 2.55. The van der Waals surface area contributed by atoms with E-state index in [1.165, 1.54) is 12.4 Å². The molecular formula is C11H22N4O3S. The number of likely N-dealkylation sites (N-methyl/N-ethyl adjacent to an activating group) is 1. The van der Waals surface area contributed by atoms with Crippen molar-refractivity contribution in [2.45, 2.75) is 31.4 Å². The Labute approximate surface area is 114 Å². The maximum Gasteiger partial charge on any atom is 0.243 e. The molecule has 19 heavy (non-hydrogen) atoms. The second kappa shape index (κ2) is 7.59. The van der Waals surface area contributed by atoms with Gasteiger partial charge in [0.05, 0.1) is 18.8 Å². The van der Waals surface area contributed by atoms with Gasteiger partial charge >= 0.3 is 0 Å². The van der Waals surface area contributed by atoms with Crippen LogP contribution in [-0.2, 0) is 21.3 Å². The third-order valence-corrected chi connectivity index (χ3v) is 3.90. The molecule has 0 bridgehead atoms. The van der Waals surface area contributed by atoms with Gasteiger partial charge in [0, 0.05) is 25.9 Å². The molecule has 0 saturated carbocycles. The van der Waals surface area contributed by atoms with Gasteiger partial charge in [-0.05, 0) is 20.9 Å². The average molecular weight is 290 g/mol. The van der Waals surface area contributed by atoms with Crippen LogP contribution >= 0.6 is 0 Å². The van der Waals surface area contributed by atoms with Gasteiger partial charge in [0.1, 0.15) is 4.90 Å². The Morgan fingerprint density at radius 1 is 1.53 bits per heavy atom. The van der Waals surface area contributed by atoms with E-state index in [-0.39, 0.29) is 17.5 Å². The molecule has 1 rings (SSSR count). The van der Waals surface area contributed by atoms with Crippen LogP contribution in [0.4, 0.5) is 0 Å². The summed E-state index contributed by atoms with van der Waals surface area (Å²) < 4.78 is 33.4. The van der Waals surface area contributed by atoms with E-state index >= 15 is 0 Å². The first-order valence-electron chi connectivity index (χ1n) is 6.28. The van der Waals surface area contributed by atoms with Crippen molar-refractivity contribution < 1.29 is 13.2 Å². The van der Waals surface area contributed by atoms with Gasteiger partial charge in [-0.25, -0.2) is 13.1 Å². The van der Waals surface area contributed by atoms with Crippen LogP contribution in [0.2, 0.25) is 0 Å². The van der Waals surface area contributed by atoms with E-state index in [2.05, 4.69) is 15.1 Å². The molecular weight excluding hydrogens is 268 g/mol. The third kappa shape index (κ3) is 5.27. The summed E-state index contributed by atoms with van der Waals surface area (Å²) in [6, 6.07) is 0. The van der Waals surface area contributed by atoms with E-state index in [1.54, 1.807) is 4.68 Å². The molecule has 8 heteroatoms. The zero-order chi connectivity index (χ0) is 14.3. The summed E-state index contributed by atoms with van der Waals surface area (Å²) >= 11 is 0. The molecule has 0 aliphatic rings. The van der Waals surface area contributed by atoms with Gasteiger partial charge in [-0.2, -0.15) is 5.10 Å². The highest BCUT2D eigenvalue weighted by Gasteiger charge is 2.17. The molecule has 1 atom stereocenters. The predicted octanol–water partition coefficient (Wildman–Crippen LogP) is -0.194. The number of rotatable bonds is 9. The Morgan fingerprint density at radius 2 is 2.26 bits per heavy atom. The Kier molecular flexibility index (Phi) is 6.43. The molecule has 110 valence electrons. The van der Waals surface area contributed by atoms with Gasteiger partial charge in [-0.1, -0.05) is 0 Å². The number of hydrogen-bond acceptors (Lipinski definition) is 5. The van der Waals surface area contributed by atoms with Crippen molar-refractivity contribution in [3.63, 3.8) is 0 Å². The summed E-state index contributed by atoms with van der Waals surface area (Å²) in [4.78, 5) is 0.173. The molecule has 2 N–H and O–H groups in total. The fourth-order valence-electron chi connectivity index (χ4n) is 1.49. The quantitative estimate of drug-likeness (QED) is 0.658. The topological polar surface area (TPSA) is 85.2 Å². The summed E-state index contributed by atoms with van der Waals surface area (Å²) in [7, 11) is -1.68. The van der Waals surface area contributed by atoms with E-state index in [9.17, 15) is 8.42 Å². The Balaban J connectivity index is 2.59. The maximum absolute atomic E-state index is 12.0. The van der Waals surface area contributed by atoms with Crippen molar-refractivity contribution in [1.29, 1.82) is 0 Å². The monoisotopic (exact) mass is 290 g/mol. The van der Waals surface area contributed by atoms with Crippen LogP contribution in [-0.4, -0.2) is 51.0 Å². The van der Waals surface area contributed by atoms with Crippen LogP contribution < -0.4 is 10.0 Å². The minimum absolute atomic E-state index is 0.154. The summed E-state index contributed by atoms with van der Waals surface area (Å²) in [6.45, 7) is 5.86. The fraction of sp³-hybridized carbons (Fsp3) is 0.727. The molecule has 0 aromatic carbocycles. The number of sulfonamides is 1. The molecule has 0 aliphatic heterocycles. The van der Waals surface area contributed by atoms with Crippen molar-refractivity contribution >= 4 is 10.0 Å². The lowest BCUT2D eigenvalue weighted by molar-refractivity contribution is 0.0799. The van der Waals surface area contributed by atoms with E-state index < -0.39 is 10.0 Å². The van der Waals surface area contributed by atoms with E-state index in [1.807, 2.05) is 20.9 Å². The van der Waals surface area contributed by atoms with Crippen LogP contribution in [0.3, 0.4) is 0 Å². The highest BCUT2D eigenvalue weighted by atomic mass is 32.2. The first-order chi connectivity index (χ1) is 8.99. The molecule has 0 saturated heterocycles. The molecule has 0 radical (unpaired) electrons. The van der Waals surface area contributed by atoms with Crippen molar-refractivity contribution in [3.05, 3.63) is 12.4 Å². The van der Waals surface area contributed by atoms with Gasteiger partial charge < -0.3 is 10.1 Å². The van der Waals surface area contributed by atoms with Gasteiger partial charge in [0.2, 0.25) is 10.0 Å². The zero-order valence-corrected chi connectivity index (χ0v) is 12.4. The van der Waals surface area contributed by atoms with Crippen LogP contribution in [0.25, 0.3) is 0 Å². The number of hydrogen-bond donors (Lipinski definition) is 2. The molecule has 0 spiro atoms. The van der Waals surface area contributed by atoms with Crippen LogP contribution in [0.15, 0.2) is 17.3 Å². The zero-order valence-electron chi connectivity index (χ0n) is 11.6. The van der Waals surface area contributed by atoms with Crippen LogP contribution in [0, 0.1) is 0 Å². The lowest BCUT2D eigenvalue weighted by atomic mass is 10.4. The summed E-state index contributed by atoms with van der Waals surface area (Å²) in [5, 5.41) is 6.99. The van der Waals surface area contributed by atoms with Crippen molar-refractivity contribution in [3.8, 4) is 0 Å². The molecule has 1 aromatic heterocycles. The SMILES string of the molecule is CCOC(C)CNS(=O)(=O)c1cnn(CCNC)c1. The lowest BCUT2D eigenvalue weighted by Gasteiger charge is -2.12. The van der Waals surface area contributed by atoms with Crippen LogP contribution in [0.5, 0.6) is 0 Å². The second-order valence-electron chi connectivity index (χ2n) is 4.16. The summed E-state index contributed by atoms with van der Waals surface area (Å²) in [5.74, 6) is 0. The van der Waals surface area contributed by atoms with Crippen molar-refractivity contribution in [1.82, 2.24) is 19.8 Å². The number of aromatic nitrogens is 2. The van der Waals surface area contributed by atoms with E-state index in [0.717, 1.165) is 6.54 Å². The summed E-state index contributed by atoms with van der Waals surface area (Å²) in [5.41, 5.74) is 0. The Morgan fingerprint density at radius 3 is 2.89 bits per heavy atom. The van der Waals surface area contributed by atoms with E-state index in [0.29, 0.717) is 13.2 Å². The molecule has 0 fully saturated rings. The predicted molar refractivity (Wildman–Crippen MR) is 72.4 cm³/mol. The molecule has 0 amide bonds. The number of ether oxygens (including phenoxy) is 1. The molecule has 1 aromatic rings. The lowest BCUT2D eigenvalue weighted by Crippen LogP contribution is -2.32. The van der Waals surface area contributed by atoms with Crippen LogP contribution in [0.1, 0.15) is 13.8 Å². The number of nitrogens with one attached hydrogen (secondary N) is 2. The van der Waals surface area contributed by atoms with Crippen molar-refractivity contribution in [2.75, 3.05) is 26.7 Å². The molecule has 7 nitrogen and oxygen atoms in total. The highest BCUT2D eigenvalue weighted by molar-refractivity contribution is 7.89. The van der Waals surface area contributed by atoms with Crippen molar-refractivity contribution in [2.24, 2.45) is 0 Å². The minimum Gasteiger partial charge on any atom is -0.377 e. The normalized spacial score (nSPS) is 13.6. The van der Waals surface area contributed by atoms with Gasteiger partial charge in [0.15, 0.2) is 0 Å².